The van der Waals surface area contributed by atoms with Crippen LogP contribution in [0.3, 0.4) is 0 Å². The predicted octanol–water partition coefficient (Wildman–Crippen LogP) is 1.56. The molecule has 9 heteroatoms. The third kappa shape index (κ3) is 3.04. The molecular formula is C11H13N3O4S2. The van der Waals surface area contributed by atoms with Crippen LogP contribution in [0.2, 0.25) is 0 Å². The maximum absolute atomic E-state index is 11.4. The number of aromatic nitrogens is 3. The summed E-state index contributed by atoms with van der Waals surface area (Å²) < 4.78 is 33.3. The van der Waals surface area contributed by atoms with Gasteiger partial charge in [0.05, 0.1) is 23.1 Å². The smallest absolute Gasteiger partial charge is 0.276 e. The number of hydrogen-bond donors (Lipinski definition) is 0. The Morgan fingerprint density at radius 2 is 2.30 bits per heavy atom. The molecular weight excluding hydrogens is 302 g/mol. The van der Waals surface area contributed by atoms with Gasteiger partial charge in [-0.05, 0) is 13.3 Å². The van der Waals surface area contributed by atoms with Gasteiger partial charge in [0.1, 0.15) is 5.76 Å². The molecule has 0 N–H and O–H groups in total. The lowest BCUT2D eigenvalue weighted by atomic mass is 10.1. The summed E-state index contributed by atoms with van der Waals surface area (Å²) >= 11 is 1.35. The minimum atomic E-state index is -2.94. The molecule has 3 heterocycles. The topological polar surface area (TPSA) is 99.1 Å². The van der Waals surface area contributed by atoms with Crippen molar-refractivity contribution >= 4 is 21.6 Å². The Kier molecular flexibility index (Phi) is 3.55. The molecule has 0 spiro atoms. The quantitative estimate of drug-likeness (QED) is 0.784. The summed E-state index contributed by atoms with van der Waals surface area (Å²) in [4.78, 5) is 0. The molecule has 1 saturated heterocycles. The average Bonchev–Trinajstić information content (AvgIpc) is 3.07. The normalized spacial score (nSPS) is 21.4. The summed E-state index contributed by atoms with van der Waals surface area (Å²) in [5, 5.41) is 12.1. The van der Waals surface area contributed by atoms with Crippen molar-refractivity contribution in [1.29, 1.82) is 0 Å². The molecule has 1 fully saturated rings. The summed E-state index contributed by atoms with van der Waals surface area (Å²) in [7, 11) is -2.94. The van der Waals surface area contributed by atoms with Crippen LogP contribution < -0.4 is 0 Å². The summed E-state index contributed by atoms with van der Waals surface area (Å²) in [5.74, 6) is 1.86. The second-order valence-corrected chi connectivity index (χ2v) is 7.88. The van der Waals surface area contributed by atoms with Crippen LogP contribution in [0.4, 0.5) is 0 Å². The van der Waals surface area contributed by atoms with E-state index in [1.54, 1.807) is 0 Å². The van der Waals surface area contributed by atoms with Crippen LogP contribution in [0.25, 0.3) is 0 Å². The van der Waals surface area contributed by atoms with Gasteiger partial charge in [-0.2, -0.15) is 0 Å². The lowest BCUT2D eigenvalue weighted by molar-refractivity contribution is 0.390. The minimum Gasteiger partial charge on any atom is -0.416 e. The molecule has 2 aromatic heterocycles. The van der Waals surface area contributed by atoms with Crippen LogP contribution in [0.15, 0.2) is 20.2 Å². The molecule has 0 saturated carbocycles. The van der Waals surface area contributed by atoms with Crippen molar-refractivity contribution in [3.8, 4) is 0 Å². The van der Waals surface area contributed by atoms with Crippen molar-refractivity contribution in [3.63, 3.8) is 0 Å². The Hall–Kier alpha value is -1.35. The highest BCUT2D eigenvalue weighted by molar-refractivity contribution is 7.98. The van der Waals surface area contributed by atoms with Gasteiger partial charge in [0.25, 0.3) is 5.22 Å². The molecule has 3 rings (SSSR count). The fourth-order valence-corrected chi connectivity index (χ4v) is 4.44. The number of nitrogens with zero attached hydrogens (tertiary/aromatic N) is 3. The molecule has 0 bridgehead atoms. The third-order valence-corrected chi connectivity index (χ3v) is 5.64. The van der Waals surface area contributed by atoms with Crippen molar-refractivity contribution < 1.29 is 17.4 Å². The maximum atomic E-state index is 11.4. The van der Waals surface area contributed by atoms with E-state index in [0.29, 0.717) is 23.3 Å². The zero-order valence-electron chi connectivity index (χ0n) is 10.8. The summed E-state index contributed by atoms with van der Waals surface area (Å²) in [6, 6.07) is 1.84. The van der Waals surface area contributed by atoms with E-state index in [2.05, 4.69) is 15.4 Å². The molecule has 0 unspecified atom stereocenters. The van der Waals surface area contributed by atoms with E-state index in [0.717, 1.165) is 11.5 Å². The Labute approximate surface area is 120 Å². The van der Waals surface area contributed by atoms with Gasteiger partial charge in [0.2, 0.25) is 5.89 Å². The van der Waals surface area contributed by atoms with Crippen molar-refractivity contribution in [2.24, 2.45) is 0 Å². The zero-order chi connectivity index (χ0) is 14.2. The number of thioether (sulfide) groups is 1. The Morgan fingerprint density at radius 3 is 2.95 bits per heavy atom. The Bertz CT molecular complexity index is 707. The number of sulfone groups is 1. The number of hydrogen-bond acceptors (Lipinski definition) is 8. The van der Waals surface area contributed by atoms with Gasteiger partial charge in [-0.1, -0.05) is 16.9 Å². The van der Waals surface area contributed by atoms with Crippen molar-refractivity contribution in [1.82, 2.24) is 15.4 Å². The van der Waals surface area contributed by atoms with Gasteiger partial charge in [-0.3, -0.25) is 0 Å². The lowest BCUT2D eigenvalue weighted by Crippen LogP contribution is -2.03. The third-order valence-electron chi connectivity index (χ3n) is 3.02. The highest BCUT2D eigenvalue weighted by atomic mass is 32.2. The summed E-state index contributed by atoms with van der Waals surface area (Å²) in [6.45, 7) is 1.83. The maximum Gasteiger partial charge on any atom is 0.276 e. The monoisotopic (exact) mass is 315 g/mol. The standard InChI is InChI=1S/C11H13N3O4S2/c1-7-4-9(14-18-7)5-19-11-13-12-10(17-11)8-2-3-20(15,16)6-8/h4,8H,2-3,5-6H2,1H3/t8-/m0/s1. The van der Waals surface area contributed by atoms with Gasteiger partial charge in [-0.25, -0.2) is 8.42 Å². The molecule has 20 heavy (non-hydrogen) atoms. The SMILES string of the molecule is Cc1cc(CSc2nnc([C@H]3CCS(=O)(=O)C3)o2)no1. The fraction of sp³-hybridized carbons (Fsp3) is 0.545. The Morgan fingerprint density at radius 1 is 1.45 bits per heavy atom. The molecule has 108 valence electrons. The van der Waals surface area contributed by atoms with E-state index in [1.165, 1.54) is 11.8 Å². The summed E-state index contributed by atoms with van der Waals surface area (Å²) in [6.07, 6.45) is 0.553. The highest BCUT2D eigenvalue weighted by Gasteiger charge is 2.32. The second-order valence-electron chi connectivity index (χ2n) is 4.72. The Balaban J connectivity index is 1.62. The first-order chi connectivity index (χ1) is 9.52. The van der Waals surface area contributed by atoms with E-state index >= 15 is 0 Å². The zero-order valence-corrected chi connectivity index (χ0v) is 12.4. The van der Waals surface area contributed by atoms with E-state index in [9.17, 15) is 8.42 Å². The van der Waals surface area contributed by atoms with Crippen LogP contribution in [0.1, 0.15) is 29.7 Å². The molecule has 0 aliphatic carbocycles. The predicted molar refractivity (Wildman–Crippen MR) is 71.1 cm³/mol. The molecule has 0 amide bonds. The van der Waals surface area contributed by atoms with E-state index in [1.807, 2.05) is 13.0 Å². The highest BCUT2D eigenvalue weighted by Crippen LogP contribution is 2.30. The van der Waals surface area contributed by atoms with Crippen molar-refractivity contribution in [2.75, 3.05) is 11.5 Å². The average molecular weight is 315 g/mol. The first-order valence-electron chi connectivity index (χ1n) is 6.11. The molecule has 1 aliphatic heterocycles. The van der Waals surface area contributed by atoms with Crippen molar-refractivity contribution in [2.45, 2.75) is 30.2 Å². The molecule has 1 aliphatic rings. The molecule has 0 aromatic carbocycles. The van der Waals surface area contributed by atoms with E-state index < -0.39 is 9.84 Å². The van der Waals surface area contributed by atoms with Crippen LogP contribution in [0, 0.1) is 6.92 Å². The van der Waals surface area contributed by atoms with Gasteiger partial charge >= 0.3 is 0 Å². The van der Waals surface area contributed by atoms with Crippen LogP contribution in [0.5, 0.6) is 0 Å². The number of rotatable bonds is 4. The van der Waals surface area contributed by atoms with Crippen LogP contribution in [-0.2, 0) is 15.6 Å². The molecule has 0 radical (unpaired) electrons. The molecule has 2 aromatic rings. The summed E-state index contributed by atoms with van der Waals surface area (Å²) in [5.41, 5.74) is 0.802. The van der Waals surface area contributed by atoms with E-state index in [4.69, 9.17) is 8.94 Å². The minimum absolute atomic E-state index is 0.0990. The number of aryl methyl sites for hydroxylation is 1. The lowest BCUT2D eigenvalue weighted by Gasteiger charge is -1.98. The van der Waals surface area contributed by atoms with Gasteiger partial charge in [0, 0.05) is 11.8 Å². The van der Waals surface area contributed by atoms with E-state index in [-0.39, 0.29) is 17.4 Å². The largest absolute Gasteiger partial charge is 0.416 e. The van der Waals surface area contributed by atoms with Crippen LogP contribution in [-0.4, -0.2) is 35.3 Å². The molecule has 7 nitrogen and oxygen atoms in total. The van der Waals surface area contributed by atoms with Gasteiger partial charge in [-0.15, -0.1) is 10.2 Å². The molecule has 1 atom stereocenters. The van der Waals surface area contributed by atoms with Gasteiger partial charge < -0.3 is 8.94 Å². The van der Waals surface area contributed by atoms with Gasteiger partial charge in [0.15, 0.2) is 9.84 Å². The first kappa shape index (κ1) is 13.6. The van der Waals surface area contributed by atoms with Crippen LogP contribution >= 0.6 is 11.8 Å². The first-order valence-corrected chi connectivity index (χ1v) is 8.91. The second kappa shape index (κ2) is 5.21. The fourth-order valence-electron chi connectivity index (χ4n) is 2.06. The van der Waals surface area contributed by atoms with Crippen molar-refractivity contribution in [3.05, 3.63) is 23.4 Å².